The normalized spacial score (nSPS) is 24.0. The summed E-state index contributed by atoms with van der Waals surface area (Å²) in [6, 6.07) is 0. The zero-order chi connectivity index (χ0) is 19.8. The van der Waals surface area contributed by atoms with Gasteiger partial charge in [0.2, 0.25) is 0 Å². The Bertz CT molecular complexity index is 135. The Balaban J connectivity index is 0.000000163. The molecule has 0 saturated heterocycles. The van der Waals surface area contributed by atoms with Crippen molar-refractivity contribution in [1.29, 1.82) is 0 Å². The van der Waals surface area contributed by atoms with E-state index in [1.54, 1.807) is 0 Å². The molecule has 0 heteroatoms. The molecule has 0 unspecified atom stereocenters. The van der Waals surface area contributed by atoms with Crippen LogP contribution in [0.5, 0.6) is 0 Å². The summed E-state index contributed by atoms with van der Waals surface area (Å²) in [5.74, 6) is 0. The van der Waals surface area contributed by atoms with Gasteiger partial charge in [0.25, 0.3) is 0 Å². The Morgan fingerprint density at radius 3 is 0.107 bits per heavy atom. The highest BCUT2D eigenvalue weighted by molar-refractivity contribution is 4.53. The van der Waals surface area contributed by atoms with E-state index in [1.165, 1.54) is 180 Å². The van der Waals surface area contributed by atoms with Crippen LogP contribution in [0.1, 0.15) is 180 Å². The fraction of sp³-hybridized carbons (Fsp3) is 1.00. The molecule has 0 aromatic heterocycles. The van der Waals surface area contributed by atoms with Crippen LogP contribution in [0.25, 0.3) is 0 Å². The topological polar surface area (TPSA) is 0 Å². The first kappa shape index (κ1) is 26.0. The Hall–Kier alpha value is 0. The third-order valence-corrected chi connectivity index (χ3v) is 7.00. The smallest absolute Gasteiger partial charge is 0.0533 e. The number of hydrogen-bond acceptors (Lipinski definition) is 0. The van der Waals surface area contributed by atoms with E-state index < -0.39 is 0 Å². The van der Waals surface area contributed by atoms with Gasteiger partial charge in [0.15, 0.2) is 0 Å². The average molecular weight is 393 g/mol. The maximum absolute atomic E-state index is 1.50. The maximum Gasteiger partial charge on any atom is -0.0533 e. The Morgan fingerprint density at radius 2 is 0.107 bits per heavy atom. The Morgan fingerprint density at radius 1 is 0.0714 bits per heavy atom. The summed E-state index contributed by atoms with van der Waals surface area (Å²) in [5.41, 5.74) is 0. The quantitative estimate of drug-likeness (QED) is 0.384. The van der Waals surface area contributed by atoms with Crippen molar-refractivity contribution >= 4 is 0 Å². The molecular weight excluding hydrogens is 336 g/mol. The minimum absolute atomic E-state index is 1.50. The van der Waals surface area contributed by atoms with E-state index in [4.69, 9.17) is 0 Å². The number of hydrogen-bond donors (Lipinski definition) is 0. The zero-order valence-electron chi connectivity index (χ0n) is 19.8. The molecule has 168 valence electrons. The second-order valence-electron chi connectivity index (χ2n) is 9.90. The van der Waals surface area contributed by atoms with Gasteiger partial charge in [0, 0.05) is 0 Å². The minimum Gasteiger partial charge on any atom is -0.0533 e. The van der Waals surface area contributed by atoms with E-state index in [9.17, 15) is 0 Å². The summed E-state index contributed by atoms with van der Waals surface area (Å²) >= 11 is 0. The SMILES string of the molecule is C1CCC1.C1CCC1.C1CCC1.C1CCC1.C1CCC1.C1CCC1.C1CCC1. The van der Waals surface area contributed by atoms with Gasteiger partial charge < -0.3 is 0 Å². The monoisotopic (exact) mass is 392 g/mol. The van der Waals surface area contributed by atoms with E-state index in [0.717, 1.165) is 0 Å². The first-order valence-corrected chi connectivity index (χ1v) is 14.0. The molecule has 0 aliphatic heterocycles. The van der Waals surface area contributed by atoms with Gasteiger partial charge in [-0.05, 0) is 0 Å². The highest BCUT2D eigenvalue weighted by Gasteiger charge is 1.97. The van der Waals surface area contributed by atoms with Gasteiger partial charge in [-0.3, -0.25) is 0 Å². The predicted molar refractivity (Wildman–Crippen MR) is 129 cm³/mol. The van der Waals surface area contributed by atoms with Gasteiger partial charge in [-0.2, -0.15) is 0 Å². The summed E-state index contributed by atoms with van der Waals surface area (Å²) in [6.07, 6.45) is 42.0. The molecule has 7 aliphatic rings. The van der Waals surface area contributed by atoms with Gasteiger partial charge in [0.1, 0.15) is 0 Å². The van der Waals surface area contributed by atoms with Crippen LogP contribution in [0.4, 0.5) is 0 Å². The van der Waals surface area contributed by atoms with Crippen molar-refractivity contribution in [2.45, 2.75) is 180 Å². The summed E-state index contributed by atoms with van der Waals surface area (Å²) < 4.78 is 0. The van der Waals surface area contributed by atoms with Crippen LogP contribution < -0.4 is 0 Å². The molecule has 0 N–H and O–H groups in total. The predicted octanol–water partition coefficient (Wildman–Crippen LogP) is 10.9. The molecule has 0 radical (unpaired) electrons. The highest BCUT2D eigenvalue weighted by Crippen LogP contribution is 2.17. The van der Waals surface area contributed by atoms with Crippen molar-refractivity contribution in [3.05, 3.63) is 0 Å². The van der Waals surface area contributed by atoms with Gasteiger partial charge in [-0.1, -0.05) is 180 Å². The summed E-state index contributed by atoms with van der Waals surface area (Å²) in [7, 11) is 0. The minimum atomic E-state index is 1.50. The molecular formula is C28H56. The molecule has 7 rings (SSSR count). The van der Waals surface area contributed by atoms with E-state index >= 15 is 0 Å². The lowest BCUT2D eigenvalue weighted by atomic mass is 10.0. The fourth-order valence-corrected chi connectivity index (χ4v) is 1.75. The summed E-state index contributed by atoms with van der Waals surface area (Å²) in [6.45, 7) is 0. The lowest BCUT2D eigenvalue weighted by Crippen LogP contribution is -1.85. The van der Waals surface area contributed by atoms with E-state index in [2.05, 4.69) is 0 Å². The van der Waals surface area contributed by atoms with Crippen LogP contribution in [0.3, 0.4) is 0 Å². The van der Waals surface area contributed by atoms with Crippen LogP contribution in [0, 0.1) is 0 Å². The van der Waals surface area contributed by atoms with Gasteiger partial charge in [-0.15, -0.1) is 0 Å². The standard InChI is InChI=1S/7C4H8/c7*1-2-4-3-1/h7*1-4H2. The molecule has 7 aliphatic carbocycles. The summed E-state index contributed by atoms with van der Waals surface area (Å²) in [5, 5.41) is 0. The third-order valence-electron chi connectivity index (χ3n) is 7.00. The molecule has 0 heterocycles. The van der Waals surface area contributed by atoms with Crippen molar-refractivity contribution in [3.63, 3.8) is 0 Å². The molecule has 7 fully saturated rings. The van der Waals surface area contributed by atoms with Crippen molar-refractivity contribution in [3.8, 4) is 0 Å². The second kappa shape index (κ2) is 23.3. The molecule has 0 atom stereocenters. The van der Waals surface area contributed by atoms with Crippen LogP contribution in [-0.2, 0) is 0 Å². The average Bonchev–Trinajstić information content (AvgIpc) is 2.06. The Labute approximate surface area is 180 Å². The first-order chi connectivity index (χ1) is 14.0. The lowest BCUT2D eigenvalue weighted by molar-refractivity contribution is 0.504. The van der Waals surface area contributed by atoms with Gasteiger partial charge >= 0.3 is 0 Å². The van der Waals surface area contributed by atoms with Crippen LogP contribution in [0.2, 0.25) is 0 Å². The lowest BCUT2D eigenvalue weighted by Gasteiger charge is -2.05. The summed E-state index contributed by atoms with van der Waals surface area (Å²) in [4.78, 5) is 0. The molecule has 0 amide bonds. The first-order valence-electron chi connectivity index (χ1n) is 14.0. The Kier molecular flexibility index (Phi) is 21.6. The molecule has 0 aromatic rings. The third kappa shape index (κ3) is 20.7. The van der Waals surface area contributed by atoms with E-state index in [1.807, 2.05) is 0 Å². The highest BCUT2D eigenvalue weighted by atomic mass is 14.0. The van der Waals surface area contributed by atoms with Crippen molar-refractivity contribution < 1.29 is 0 Å². The van der Waals surface area contributed by atoms with Crippen LogP contribution >= 0.6 is 0 Å². The van der Waals surface area contributed by atoms with Crippen molar-refractivity contribution in [2.75, 3.05) is 0 Å². The maximum atomic E-state index is 1.50. The van der Waals surface area contributed by atoms with Crippen molar-refractivity contribution in [1.82, 2.24) is 0 Å². The largest absolute Gasteiger partial charge is 0.0533 e. The van der Waals surface area contributed by atoms with Crippen LogP contribution in [0.15, 0.2) is 0 Å². The number of rotatable bonds is 0. The van der Waals surface area contributed by atoms with Gasteiger partial charge in [0.05, 0.1) is 0 Å². The van der Waals surface area contributed by atoms with E-state index in [0.29, 0.717) is 0 Å². The molecule has 0 spiro atoms. The molecule has 0 nitrogen and oxygen atoms in total. The molecule has 0 bridgehead atoms. The zero-order valence-corrected chi connectivity index (χ0v) is 19.8. The van der Waals surface area contributed by atoms with E-state index in [-0.39, 0.29) is 0 Å². The van der Waals surface area contributed by atoms with Gasteiger partial charge in [-0.25, -0.2) is 0 Å². The second-order valence-corrected chi connectivity index (χ2v) is 9.90. The molecule has 7 saturated carbocycles. The fourth-order valence-electron chi connectivity index (χ4n) is 1.75. The van der Waals surface area contributed by atoms with Crippen LogP contribution in [-0.4, -0.2) is 0 Å². The molecule has 28 heavy (non-hydrogen) atoms. The van der Waals surface area contributed by atoms with Crippen molar-refractivity contribution in [2.24, 2.45) is 0 Å². The molecule has 0 aromatic carbocycles.